The van der Waals surface area contributed by atoms with Crippen LogP contribution in [0.25, 0.3) is 10.8 Å². The van der Waals surface area contributed by atoms with E-state index in [0.29, 0.717) is 28.3 Å². The van der Waals surface area contributed by atoms with E-state index in [-0.39, 0.29) is 17.0 Å². The monoisotopic (exact) mass is 455 g/mol. The van der Waals surface area contributed by atoms with E-state index in [1.807, 2.05) is 56.3 Å². The standard InChI is InChI=1S/C27H25N3O4/c1-16-9-11-20-18(13-16)14-21(27(32)28-22-8-6-5-7-17(22)2)26(31)25(20)30-29-23-15-19(33-3)10-12-24(23)34-4/h5-15,31H,1-4H3,(H,28,32). The number of nitrogens with one attached hydrogen (secondary N) is 1. The molecule has 0 fully saturated rings. The van der Waals surface area contributed by atoms with Crippen LogP contribution in [0.1, 0.15) is 21.5 Å². The van der Waals surface area contributed by atoms with Gasteiger partial charge in [0.15, 0.2) is 5.75 Å². The molecule has 0 aliphatic carbocycles. The Labute approximate surface area is 197 Å². The number of methoxy groups -OCH3 is 2. The number of para-hydroxylation sites is 1. The van der Waals surface area contributed by atoms with Crippen LogP contribution >= 0.6 is 0 Å². The van der Waals surface area contributed by atoms with Crippen LogP contribution in [0.5, 0.6) is 17.2 Å². The van der Waals surface area contributed by atoms with Crippen molar-refractivity contribution in [1.82, 2.24) is 0 Å². The van der Waals surface area contributed by atoms with Gasteiger partial charge < -0.3 is 19.9 Å². The SMILES string of the molecule is COc1ccc(OC)c(N=Nc2c(O)c(C(=O)Nc3ccccc3C)cc3cc(C)ccc23)c1. The number of aromatic hydroxyl groups is 1. The summed E-state index contributed by atoms with van der Waals surface area (Å²) in [5, 5.41) is 24.1. The topological polar surface area (TPSA) is 92.5 Å². The number of nitrogens with zero attached hydrogens (tertiary/aromatic N) is 2. The lowest BCUT2D eigenvalue weighted by Gasteiger charge is -2.13. The Morgan fingerprint density at radius 2 is 1.71 bits per heavy atom. The van der Waals surface area contributed by atoms with E-state index in [2.05, 4.69) is 15.5 Å². The number of rotatable bonds is 6. The van der Waals surface area contributed by atoms with Crippen LogP contribution in [0.15, 0.2) is 77.0 Å². The Morgan fingerprint density at radius 3 is 2.44 bits per heavy atom. The summed E-state index contributed by atoms with van der Waals surface area (Å²) in [7, 11) is 3.09. The molecule has 0 atom stereocenters. The van der Waals surface area contributed by atoms with Crippen LogP contribution < -0.4 is 14.8 Å². The van der Waals surface area contributed by atoms with Crippen molar-refractivity contribution in [1.29, 1.82) is 0 Å². The molecule has 0 heterocycles. The molecule has 7 nitrogen and oxygen atoms in total. The molecule has 2 N–H and O–H groups in total. The van der Waals surface area contributed by atoms with E-state index in [0.717, 1.165) is 16.5 Å². The fourth-order valence-electron chi connectivity index (χ4n) is 3.65. The Kier molecular flexibility index (Phi) is 6.45. The van der Waals surface area contributed by atoms with Gasteiger partial charge in [-0.3, -0.25) is 4.79 Å². The highest BCUT2D eigenvalue weighted by Crippen LogP contribution is 2.41. The van der Waals surface area contributed by atoms with Gasteiger partial charge in [0, 0.05) is 17.1 Å². The minimum atomic E-state index is -0.439. The number of hydrogen-bond donors (Lipinski definition) is 2. The second-order valence-electron chi connectivity index (χ2n) is 7.85. The van der Waals surface area contributed by atoms with E-state index in [4.69, 9.17) is 9.47 Å². The molecule has 172 valence electrons. The predicted molar refractivity (Wildman–Crippen MR) is 133 cm³/mol. The van der Waals surface area contributed by atoms with Crippen molar-refractivity contribution in [3.05, 3.63) is 83.4 Å². The predicted octanol–water partition coefficient (Wildman–Crippen LogP) is 6.85. The summed E-state index contributed by atoms with van der Waals surface area (Å²) in [4.78, 5) is 13.1. The highest BCUT2D eigenvalue weighted by Gasteiger charge is 2.19. The molecular weight excluding hydrogens is 430 g/mol. The van der Waals surface area contributed by atoms with Gasteiger partial charge in [-0.05, 0) is 49.1 Å². The summed E-state index contributed by atoms with van der Waals surface area (Å²) < 4.78 is 10.6. The largest absolute Gasteiger partial charge is 0.505 e. The van der Waals surface area contributed by atoms with Gasteiger partial charge in [-0.2, -0.15) is 0 Å². The molecule has 0 aliphatic heterocycles. The Bertz CT molecular complexity index is 1410. The molecule has 4 aromatic carbocycles. The molecule has 0 radical (unpaired) electrons. The first-order valence-electron chi connectivity index (χ1n) is 10.7. The van der Waals surface area contributed by atoms with Crippen molar-refractivity contribution in [2.45, 2.75) is 13.8 Å². The number of phenolic OH excluding ortho intramolecular Hbond substituents is 1. The van der Waals surface area contributed by atoms with Crippen LogP contribution in [0.3, 0.4) is 0 Å². The number of amides is 1. The second kappa shape index (κ2) is 9.62. The maximum atomic E-state index is 13.1. The molecule has 0 unspecified atom stereocenters. The first kappa shape index (κ1) is 22.8. The zero-order chi connectivity index (χ0) is 24.2. The molecule has 4 rings (SSSR count). The van der Waals surface area contributed by atoms with Gasteiger partial charge in [0.1, 0.15) is 22.9 Å². The van der Waals surface area contributed by atoms with Crippen LogP contribution in [-0.4, -0.2) is 25.2 Å². The van der Waals surface area contributed by atoms with Crippen molar-refractivity contribution in [3.63, 3.8) is 0 Å². The summed E-state index contributed by atoms with van der Waals surface area (Å²) in [6.45, 7) is 3.86. The fraction of sp³-hybridized carbons (Fsp3) is 0.148. The molecule has 34 heavy (non-hydrogen) atoms. The second-order valence-corrected chi connectivity index (χ2v) is 7.85. The number of hydrogen-bond acceptors (Lipinski definition) is 6. The number of carbonyl (C=O) groups excluding carboxylic acids is 1. The summed E-state index contributed by atoms with van der Waals surface area (Å²) in [5.41, 5.74) is 3.32. The van der Waals surface area contributed by atoms with E-state index in [1.165, 1.54) is 7.11 Å². The lowest BCUT2D eigenvalue weighted by Crippen LogP contribution is -2.13. The summed E-state index contributed by atoms with van der Waals surface area (Å²) in [6.07, 6.45) is 0. The van der Waals surface area contributed by atoms with Crippen molar-refractivity contribution < 1.29 is 19.4 Å². The average Bonchev–Trinajstić information content (AvgIpc) is 2.84. The number of benzene rings is 4. The van der Waals surface area contributed by atoms with Gasteiger partial charge in [-0.15, -0.1) is 10.2 Å². The van der Waals surface area contributed by atoms with Crippen molar-refractivity contribution >= 4 is 33.7 Å². The molecule has 0 aromatic heterocycles. The third-order valence-corrected chi connectivity index (χ3v) is 5.52. The third-order valence-electron chi connectivity index (χ3n) is 5.52. The Balaban J connectivity index is 1.83. The molecule has 1 amide bonds. The van der Waals surface area contributed by atoms with Gasteiger partial charge in [0.05, 0.1) is 19.8 Å². The summed E-state index contributed by atoms with van der Waals surface area (Å²) >= 11 is 0. The first-order chi connectivity index (χ1) is 16.4. The number of aryl methyl sites for hydroxylation is 2. The number of anilines is 1. The van der Waals surface area contributed by atoms with E-state index in [9.17, 15) is 9.90 Å². The smallest absolute Gasteiger partial charge is 0.259 e. The Hall–Kier alpha value is -4.39. The number of carbonyl (C=O) groups is 1. The normalized spacial score (nSPS) is 11.1. The number of phenols is 1. The van der Waals surface area contributed by atoms with Gasteiger partial charge in [0.25, 0.3) is 5.91 Å². The minimum absolute atomic E-state index is 0.105. The molecule has 0 bridgehead atoms. The number of azo groups is 1. The van der Waals surface area contributed by atoms with Gasteiger partial charge in [-0.25, -0.2) is 0 Å². The molecule has 4 aromatic rings. The van der Waals surface area contributed by atoms with Crippen molar-refractivity contribution in [2.75, 3.05) is 19.5 Å². The fourth-order valence-corrected chi connectivity index (χ4v) is 3.65. The van der Waals surface area contributed by atoms with Crippen LogP contribution in [-0.2, 0) is 0 Å². The highest BCUT2D eigenvalue weighted by molar-refractivity contribution is 6.12. The van der Waals surface area contributed by atoms with Gasteiger partial charge in [-0.1, -0.05) is 42.0 Å². The lowest BCUT2D eigenvalue weighted by molar-refractivity contribution is 0.102. The van der Waals surface area contributed by atoms with Crippen molar-refractivity contribution in [3.8, 4) is 17.2 Å². The summed E-state index contributed by atoms with van der Waals surface area (Å²) in [5.74, 6) is 0.391. The molecule has 7 heteroatoms. The first-order valence-corrected chi connectivity index (χ1v) is 10.7. The van der Waals surface area contributed by atoms with Crippen LogP contribution in [0.2, 0.25) is 0 Å². The van der Waals surface area contributed by atoms with E-state index < -0.39 is 5.91 Å². The summed E-state index contributed by atoms with van der Waals surface area (Å²) in [6, 6.07) is 20.0. The third kappa shape index (κ3) is 4.54. The average molecular weight is 456 g/mol. The lowest BCUT2D eigenvalue weighted by atomic mass is 10.0. The Morgan fingerprint density at radius 1 is 0.912 bits per heavy atom. The molecule has 0 saturated carbocycles. The van der Waals surface area contributed by atoms with Gasteiger partial charge >= 0.3 is 0 Å². The number of ether oxygens (including phenoxy) is 2. The van der Waals surface area contributed by atoms with E-state index in [1.54, 1.807) is 31.4 Å². The maximum Gasteiger partial charge on any atom is 0.259 e. The van der Waals surface area contributed by atoms with Crippen molar-refractivity contribution in [2.24, 2.45) is 10.2 Å². The zero-order valence-electron chi connectivity index (χ0n) is 19.4. The minimum Gasteiger partial charge on any atom is -0.505 e. The molecule has 0 spiro atoms. The zero-order valence-corrected chi connectivity index (χ0v) is 19.4. The quantitative estimate of drug-likeness (QED) is 0.311. The van der Waals surface area contributed by atoms with E-state index >= 15 is 0 Å². The van der Waals surface area contributed by atoms with Gasteiger partial charge in [0.2, 0.25) is 0 Å². The molecule has 0 saturated heterocycles. The molecule has 0 aliphatic rings. The van der Waals surface area contributed by atoms with Crippen LogP contribution in [0, 0.1) is 13.8 Å². The van der Waals surface area contributed by atoms with Crippen LogP contribution in [0.4, 0.5) is 17.1 Å². The molecular formula is C27H25N3O4. The highest BCUT2D eigenvalue weighted by atomic mass is 16.5. The maximum absolute atomic E-state index is 13.1. The number of fused-ring (bicyclic) bond motifs is 1.